The van der Waals surface area contributed by atoms with Crippen molar-refractivity contribution in [1.82, 2.24) is 29.7 Å². The first-order valence-electron chi connectivity index (χ1n) is 20.3. The molecule has 13 heteroatoms. The van der Waals surface area contributed by atoms with Gasteiger partial charge >= 0.3 is 0 Å². The maximum absolute atomic E-state index is 16.0. The van der Waals surface area contributed by atoms with Crippen LogP contribution in [0.5, 0.6) is 0 Å². The molecule has 56 heavy (non-hydrogen) atoms. The number of hydrogen-bond donors (Lipinski definition) is 2. The van der Waals surface area contributed by atoms with Crippen molar-refractivity contribution >= 4 is 46.1 Å². The molecule has 1 aromatic carbocycles. The van der Waals surface area contributed by atoms with Crippen molar-refractivity contribution in [2.45, 2.75) is 115 Å². The average Bonchev–Trinajstić information content (AvgIpc) is 3.73. The molecule has 1 aliphatic carbocycles. The molecule has 294 valence electrons. The number of piperidine rings is 3. The number of nitrogens with one attached hydrogen (secondary N) is 2. The van der Waals surface area contributed by atoms with E-state index < -0.39 is 5.67 Å². The van der Waals surface area contributed by atoms with Crippen LogP contribution < -0.4 is 21.1 Å². The van der Waals surface area contributed by atoms with Crippen LogP contribution in [0.1, 0.15) is 117 Å². The van der Waals surface area contributed by atoms with E-state index in [1.54, 1.807) is 17.7 Å². The van der Waals surface area contributed by atoms with Crippen LogP contribution in [0.4, 0.5) is 21.8 Å². The SMILES string of the molecule is CC(=O)c1c(C)c2cnc(Nc3ccc(N4CCC(N5CCC(F)(CCc6ccc(C7CCC(=O)NC7=O)cc6)CC5)CC4)cn3)nc2n(C2CCCC2)c1=O. The highest BCUT2D eigenvalue weighted by Crippen LogP contribution is 2.35. The van der Waals surface area contributed by atoms with Crippen molar-refractivity contribution < 1.29 is 18.8 Å². The summed E-state index contributed by atoms with van der Waals surface area (Å²) in [5.74, 6) is -0.0497. The monoisotopic (exact) mass is 762 g/mol. The molecule has 4 aliphatic rings. The van der Waals surface area contributed by atoms with E-state index >= 15 is 4.39 Å². The van der Waals surface area contributed by atoms with E-state index in [1.165, 1.54) is 6.92 Å². The summed E-state index contributed by atoms with van der Waals surface area (Å²) >= 11 is 0. The molecule has 3 aliphatic heterocycles. The molecule has 4 aromatic rings. The summed E-state index contributed by atoms with van der Waals surface area (Å²) < 4.78 is 17.7. The van der Waals surface area contributed by atoms with Crippen molar-refractivity contribution in [2.24, 2.45) is 0 Å². The Morgan fingerprint density at radius 2 is 1.64 bits per heavy atom. The number of likely N-dealkylation sites (tertiary alicyclic amines) is 1. The van der Waals surface area contributed by atoms with Gasteiger partial charge in [0.1, 0.15) is 17.1 Å². The minimum absolute atomic E-state index is 0.0109. The molecule has 3 saturated heterocycles. The van der Waals surface area contributed by atoms with Gasteiger partial charge in [-0.15, -0.1) is 0 Å². The third-order valence-corrected chi connectivity index (χ3v) is 12.8. The number of pyridine rings is 2. The van der Waals surface area contributed by atoms with Crippen LogP contribution in [0, 0.1) is 6.92 Å². The summed E-state index contributed by atoms with van der Waals surface area (Å²) in [5.41, 5.74) is 2.95. The Morgan fingerprint density at radius 3 is 2.30 bits per heavy atom. The lowest BCUT2D eigenvalue weighted by molar-refractivity contribution is -0.134. The lowest BCUT2D eigenvalue weighted by atomic mass is 9.85. The Bertz CT molecular complexity index is 2170. The number of carbonyl (C=O) groups excluding carboxylic acids is 3. The lowest BCUT2D eigenvalue weighted by Crippen LogP contribution is -2.50. The number of amides is 2. The summed E-state index contributed by atoms with van der Waals surface area (Å²) in [4.78, 5) is 68.6. The molecule has 2 amide bonds. The Morgan fingerprint density at radius 1 is 0.911 bits per heavy atom. The second kappa shape index (κ2) is 15.8. The van der Waals surface area contributed by atoms with Gasteiger partial charge in [-0.1, -0.05) is 37.1 Å². The molecule has 0 spiro atoms. The van der Waals surface area contributed by atoms with Crippen LogP contribution in [0.3, 0.4) is 0 Å². The number of halogens is 1. The van der Waals surface area contributed by atoms with Crippen LogP contribution >= 0.6 is 0 Å². The first-order chi connectivity index (χ1) is 27.0. The predicted molar refractivity (Wildman–Crippen MR) is 213 cm³/mol. The molecule has 1 unspecified atom stereocenters. The number of carbonyl (C=O) groups is 3. The summed E-state index contributed by atoms with van der Waals surface area (Å²) in [6.45, 7) is 6.57. The molecule has 3 aromatic heterocycles. The van der Waals surface area contributed by atoms with Crippen LogP contribution in [0.2, 0.25) is 0 Å². The number of Topliss-reactive ketones (excluding diaryl/α,β-unsaturated/α-hetero) is 1. The van der Waals surface area contributed by atoms with Gasteiger partial charge in [0, 0.05) is 56.3 Å². The second-order valence-corrected chi connectivity index (χ2v) is 16.3. The van der Waals surface area contributed by atoms with Gasteiger partial charge in [0.15, 0.2) is 5.78 Å². The summed E-state index contributed by atoms with van der Waals surface area (Å²) in [6, 6.07) is 12.3. The third-order valence-electron chi connectivity index (χ3n) is 12.8. The fourth-order valence-electron chi connectivity index (χ4n) is 9.40. The van der Waals surface area contributed by atoms with E-state index in [0.717, 1.165) is 81.5 Å². The first-order valence-corrected chi connectivity index (χ1v) is 20.3. The average molecular weight is 763 g/mol. The predicted octanol–water partition coefficient (Wildman–Crippen LogP) is 6.48. The summed E-state index contributed by atoms with van der Waals surface area (Å²) in [5, 5.41) is 6.35. The van der Waals surface area contributed by atoms with E-state index in [2.05, 4.69) is 36.5 Å². The van der Waals surface area contributed by atoms with Gasteiger partial charge in [-0.25, -0.2) is 14.4 Å². The molecular formula is C43H51FN8O4. The minimum Gasteiger partial charge on any atom is -0.370 e. The number of alkyl halides is 1. The zero-order valence-corrected chi connectivity index (χ0v) is 32.4. The van der Waals surface area contributed by atoms with E-state index in [0.29, 0.717) is 72.9 Å². The van der Waals surface area contributed by atoms with E-state index in [1.807, 2.05) is 36.5 Å². The summed E-state index contributed by atoms with van der Waals surface area (Å²) in [6.07, 6.45) is 12.5. The molecule has 1 saturated carbocycles. The number of benzene rings is 1. The number of aromatic nitrogens is 4. The molecule has 0 radical (unpaired) electrons. The van der Waals surface area contributed by atoms with E-state index in [4.69, 9.17) is 4.98 Å². The molecule has 12 nitrogen and oxygen atoms in total. The number of ketones is 1. The highest BCUT2D eigenvalue weighted by atomic mass is 19.1. The van der Waals surface area contributed by atoms with Gasteiger partial charge in [0.2, 0.25) is 17.8 Å². The van der Waals surface area contributed by atoms with Crippen molar-refractivity contribution in [3.8, 4) is 0 Å². The van der Waals surface area contributed by atoms with Crippen LogP contribution in [0.15, 0.2) is 53.6 Å². The molecule has 0 bridgehead atoms. The van der Waals surface area contributed by atoms with Crippen molar-refractivity contribution in [1.29, 1.82) is 0 Å². The molecular weight excluding hydrogens is 712 g/mol. The first kappa shape index (κ1) is 37.9. The van der Waals surface area contributed by atoms with Crippen LogP contribution in [0.25, 0.3) is 11.0 Å². The van der Waals surface area contributed by atoms with Crippen molar-refractivity contribution in [3.05, 3.63) is 81.4 Å². The minimum atomic E-state index is -1.17. The van der Waals surface area contributed by atoms with Gasteiger partial charge in [0.25, 0.3) is 5.56 Å². The number of anilines is 3. The Kier molecular flexibility index (Phi) is 10.7. The highest BCUT2D eigenvalue weighted by Gasteiger charge is 2.37. The third kappa shape index (κ3) is 7.83. The number of rotatable bonds is 10. The van der Waals surface area contributed by atoms with Crippen LogP contribution in [-0.4, -0.2) is 79.9 Å². The Labute approximate surface area is 326 Å². The maximum atomic E-state index is 16.0. The number of fused-ring (bicyclic) bond motifs is 1. The smallest absolute Gasteiger partial charge is 0.263 e. The number of nitrogens with zero attached hydrogens (tertiary/aromatic N) is 6. The lowest BCUT2D eigenvalue weighted by Gasteiger charge is -2.44. The van der Waals surface area contributed by atoms with Gasteiger partial charge in [0.05, 0.1) is 23.4 Å². The Balaban J connectivity index is 0.826. The second-order valence-electron chi connectivity index (χ2n) is 16.3. The molecule has 1 atom stereocenters. The van der Waals surface area contributed by atoms with Crippen molar-refractivity contribution in [2.75, 3.05) is 36.4 Å². The molecule has 8 rings (SSSR count). The zero-order chi connectivity index (χ0) is 39.0. The standard InChI is InChI=1S/C43H51FN8O4/c1-27-35-26-46-42(49-39(35)52(32-5-3-4-6-32)41(56)38(27)28(2)53)47-36-13-11-33(25-45-36)50-21-16-31(17-22-50)51-23-19-43(44,20-24-51)18-15-29-7-9-30(10-8-29)34-12-14-37(54)48-40(34)55/h7-11,13,25-26,31-32,34H,3-6,12,14-24H2,1-2H3,(H,48,54,55)(H,45,46,47,49). The zero-order valence-electron chi connectivity index (χ0n) is 32.4. The van der Waals surface area contributed by atoms with Crippen molar-refractivity contribution in [3.63, 3.8) is 0 Å². The van der Waals surface area contributed by atoms with Crippen LogP contribution in [-0.2, 0) is 16.0 Å². The Hall–Kier alpha value is -5.04. The normalized spacial score (nSPS) is 21.1. The quantitative estimate of drug-likeness (QED) is 0.136. The van der Waals surface area contributed by atoms with E-state index in [-0.39, 0.29) is 40.7 Å². The fourth-order valence-corrected chi connectivity index (χ4v) is 9.40. The van der Waals surface area contributed by atoms with E-state index in [9.17, 15) is 19.2 Å². The van der Waals surface area contributed by atoms with Gasteiger partial charge < -0.3 is 15.1 Å². The maximum Gasteiger partial charge on any atom is 0.263 e. The molecule has 4 fully saturated rings. The van der Waals surface area contributed by atoms with Gasteiger partial charge in [-0.3, -0.25) is 29.1 Å². The molecule has 6 heterocycles. The largest absolute Gasteiger partial charge is 0.370 e. The van der Waals surface area contributed by atoms with Gasteiger partial charge in [-0.2, -0.15) is 4.98 Å². The summed E-state index contributed by atoms with van der Waals surface area (Å²) in [7, 11) is 0. The number of hydrogen-bond acceptors (Lipinski definition) is 10. The fraction of sp³-hybridized carbons (Fsp3) is 0.512. The topological polar surface area (TPSA) is 142 Å². The number of imide groups is 1. The van der Waals surface area contributed by atoms with Gasteiger partial charge in [-0.05, 0) is 100 Å². The number of aryl methyl sites for hydroxylation is 2. The molecule has 2 N–H and O–H groups in total. The highest BCUT2D eigenvalue weighted by molar-refractivity contribution is 6.01.